The van der Waals surface area contributed by atoms with Crippen LogP contribution in [0.15, 0.2) is 0 Å². The highest BCUT2D eigenvalue weighted by molar-refractivity contribution is 8.00. The fraction of sp³-hybridized carbons (Fsp3) is 1.00. The molecule has 0 atom stereocenters. The van der Waals surface area contributed by atoms with Gasteiger partial charge in [0.1, 0.15) is 0 Å². The molecule has 1 N–H and O–H groups in total. The predicted molar refractivity (Wildman–Crippen MR) is 68.1 cm³/mol. The molecular formula is C10H23NS2. The Kier molecular flexibility index (Phi) is 8.42. The second-order valence-corrected chi connectivity index (χ2v) is 5.52. The van der Waals surface area contributed by atoms with E-state index in [-0.39, 0.29) is 0 Å². The number of hydrogen-bond donors (Lipinski definition) is 1. The Bertz CT molecular complexity index is 105. The van der Waals surface area contributed by atoms with Crippen LogP contribution in [0, 0.1) is 0 Å². The molecule has 0 aliphatic heterocycles. The average molecular weight is 221 g/mol. The lowest BCUT2D eigenvalue weighted by Gasteiger charge is -2.29. The van der Waals surface area contributed by atoms with Gasteiger partial charge in [0.2, 0.25) is 0 Å². The second-order valence-electron chi connectivity index (χ2n) is 3.26. The van der Waals surface area contributed by atoms with Crippen LogP contribution in [0.4, 0.5) is 0 Å². The van der Waals surface area contributed by atoms with Gasteiger partial charge in [0, 0.05) is 23.6 Å². The van der Waals surface area contributed by atoms with Crippen molar-refractivity contribution in [3.8, 4) is 0 Å². The molecular weight excluding hydrogens is 198 g/mol. The molecule has 0 unspecified atom stereocenters. The van der Waals surface area contributed by atoms with Crippen molar-refractivity contribution in [2.75, 3.05) is 31.4 Å². The van der Waals surface area contributed by atoms with Gasteiger partial charge in [-0.25, -0.2) is 0 Å². The summed E-state index contributed by atoms with van der Waals surface area (Å²) < 4.78 is 0.471. The highest BCUT2D eigenvalue weighted by Gasteiger charge is 2.23. The minimum absolute atomic E-state index is 0.471. The Morgan fingerprint density at radius 2 is 1.77 bits per heavy atom. The fourth-order valence-corrected chi connectivity index (χ4v) is 2.52. The maximum atomic E-state index is 3.54. The van der Waals surface area contributed by atoms with Gasteiger partial charge in [-0.3, -0.25) is 0 Å². The summed E-state index contributed by atoms with van der Waals surface area (Å²) >= 11 is 3.91. The summed E-state index contributed by atoms with van der Waals surface area (Å²) in [5.74, 6) is 1.22. The summed E-state index contributed by atoms with van der Waals surface area (Å²) in [4.78, 5) is 0. The van der Waals surface area contributed by atoms with Crippen LogP contribution in [0.5, 0.6) is 0 Å². The van der Waals surface area contributed by atoms with Crippen LogP contribution in [-0.4, -0.2) is 36.1 Å². The van der Waals surface area contributed by atoms with Crippen LogP contribution in [0.1, 0.15) is 26.7 Å². The first kappa shape index (κ1) is 13.7. The third-order valence-electron chi connectivity index (χ3n) is 2.65. The van der Waals surface area contributed by atoms with E-state index in [1.165, 1.54) is 18.6 Å². The lowest BCUT2D eigenvalue weighted by atomic mass is 10.0. The van der Waals surface area contributed by atoms with E-state index in [0.717, 1.165) is 13.1 Å². The largest absolute Gasteiger partial charge is 0.315 e. The normalized spacial score (nSPS) is 12.0. The number of rotatable bonds is 8. The van der Waals surface area contributed by atoms with E-state index in [0.29, 0.717) is 4.75 Å². The molecule has 0 aliphatic carbocycles. The first-order chi connectivity index (χ1) is 6.24. The zero-order valence-corrected chi connectivity index (χ0v) is 11.0. The standard InChI is InChI=1S/C10H23NS2/c1-5-10(6-2,13-4)9-11-7-8-12-3/h11H,5-9H2,1-4H3. The predicted octanol–water partition coefficient (Wildman–Crippen LogP) is 2.86. The average Bonchev–Trinajstić information content (AvgIpc) is 2.20. The highest BCUT2D eigenvalue weighted by atomic mass is 32.2. The zero-order valence-electron chi connectivity index (χ0n) is 9.35. The van der Waals surface area contributed by atoms with E-state index < -0.39 is 0 Å². The molecule has 0 bridgehead atoms. The third-order valence-corrected chi connectivity index (χ3v) is 4.85. The van der Waals surface area contributed by atoms with E-state index in [1.807, 2.05) is 23.5 Å². The summed E-state index contributed by atoms with van der Waals surface area (Å²) in [5.41, 5.74) is 0. The molecule has 0 radical (unpaired) electrons. The van der Waals surface area contributed by atoms with Crippen molar-refractivity contribution < 1.29 is 0 Å². The summed E-state index contributed by atoms with van der Waals surface area (Å²) in [6, 6.07) is 0. The topological polar surface area (TPSA) is 12.0 Å². The number of hydrogen-bond acceptors (Lipinski definition) is 3. The summed E-state index contributed by atoms with van der Waals surface area (Å²) in [6.07, 6.45) is 6.90. The van der Waals surface area contributed by atoms with Crippen molar-refractivity contribution >= 4 is 23.5 Å². The Hall–Kier alpha value is 0.660. The number of nitrogens with one attached hydrogen (secondary N) is 1. The molecule has 3 heteroatoms. The van der Waals surface area contributed by atoms with Crippen LogP contribution < -0.4 is 5.32 Å². The minimum atomic E-state index is 0.471. The van der Waals surface area contributed by atoms with E-state index in [1.54, 1.807) is 0 Å². The van der Waals surface area contributed by atoms with Crippen LogP contribution in [0.2, 0.25) is 0 Å². The van der Waals surface area contributed by atoms with Gasteiger partial charge in [0.15, 0.2) is 0 Å². The molecule has 0 aromatic carbocycles. The molecule has 0 fully saturated rings. The van der Waals surface area contributed by atoms with Crippen molar-refractivity contribution in [3.63, 3.8) is 0 Å². The third kappa shape index (κ3) is 5.18. The molecule has 0 saturated carbocycles. The lowest BCUT2D eigenvalue weighted by Crippen LogP contribution is -2.37. The van der Waals surface area contributed by atoms with Crippen molar-refractivity contribution in [1.82, 2.24) is 5.32 Å². The molecule has 0 rings (SSSR count). The maximum absolute atomic E-state index is 3.54. The molecule has 0 spiro atoms. The Balaban J connectivity index is 3.68. The quantitative estimate of drug-likeness (QED) is 0.633. The Morgan fingerprint density at radius 3 is 2.15 bits per heavy atom. The van der Waals surface area contributed by atoms with Crippen molar-refractivity contribution in [2.45, 2.75) is 31.4 Å². The number of thioether (sulfide) groups is 2. The SMILES string of the molecule is CCC(CC)(CNCCSC)SC. The minimum Gasteiger partial charge on any atom is -0.315 e. The second kappa shape index (κ2) is 8.01. The van der Waals surface area contributed by atoms with Crippen molar-refractivity contribution in [1.29, 1.82) is 0 Å². The van der Waals surface area contributed by atoms with Gasteiger partial charge in [-0.2, -0.15) is 23.5 Å². The van der Waals surface area contributed by atoms with Crippen molar-refractivity contribution in [3.05, 3.63) is 0 Å². The highest BCUT2D eigenvalue weighted by Crippen LogP contribution is 2.29. The van der Waals surface area contributed by atoms with Gasteiger partial charge < -0.3 is 5.32 Å². The zero-order chi connectivity index (χ0) is 10.2. The van der Waals surface area contributed by atoms with E-state index in [4.69, 9.17) is 0 Å². The van der Waals surface area contributed by atoms with E-state index >= 15 is 0 Å². The van der Waals surface area contributed by atoms with Crippen LogP contribution in [0.25, 0.3) is 0 Å². The summed E-state index contributed by atoms with van der Waals surface area (Å²) in [5, 5.41) is 3.54. The fourth-order valence-electron chi connectivity index (χ4n) is 1.35. The lowest BCUT2D eigenvalue weighted by molar-refractivity contribution is 0.504. The Labute approximate surface area is 91.8 Å². The van der Waals surface area contributed by atoms with Gasteiger partial charge in [-0.1, -0.05) is 13.8 Å². The van der Waals surface area contributed by atoms with Crippen molar-refractivity contribution in [2.24, 2.45) is 0 Å². The van der Waals surface area contributed by atoms with Gasteiger partial charge >= 0.3 is 0 Å². The molecule has 13 heavy (non-hydrogen) atoms. The van der Waals surface area contributed by atoms with Crippen LogP contribution >= 0.6 is 23.5 Å². The smallest absolute Gasteiger partial charge is 0.0276 e. The van der Waals surface area contributed by atoms with Gasteiger partial charge in [-0.15, -0.1) is 0 Å². The van der Waals surface area contributed by atoms with Crippen LogP contribution in [-0.2, 0) is 0 Å². The summed E-state index contributed by atoms with van der Waals surface area (Å²) in [6.45, 7) is 6.87. The molecule has 0 amide bonds. The maximum Gasteiger partial charge on any atom is 0.0276 e. The molecule has 0 heterocycles. The summed E-state index contributed by atoms with van der Waals surface area (Å²) in [7, 11) is 0. The molecule has 80 valence electrons. The molecule has 0 aromatic rings. The molecule has 0 aromatic heterocycles. The molecule has 1 nitrogen and oxygen atoms in total. The molecule has 0 saturated heterocycles. The van der Waals surface area contributed by atoms with Gasteiger partial charge in [-0.05, 0) is 25.4 Å². The Morgan fingerprint density at radius 1 is 1.15 bits per heavy atom. The first-order valence-corrected chi connectivity index (χ1v) is 7.61. The van der Waals surface area contributed by atoms with Gasteiger partial charge in [0.05, 0.1) is 0 Å². The van der Waals surface area contributed by atoms with Gasteiger partial charge in [0.25, 0.3) is 0 Å². The van der Waals surface area contributed by atoms with E-state index in [2.05, 4.69) is 31.7 Å². The molecule has 0 aliphatic rings. The first-order valence-electron chi connectivity index (χ1n) is 4.99. The van der Waals surface area contributed by atoms with Crippen LogP contribution in [0.3, 0.4) is 0 Å². The van der Waals surface area contributed by atoms with E-state index in [9.17, 15) is 0 Å². The monoisotopic (exact) mass is 221 g/mol.